The monoisotopic (exact) mass is 517 g/mol. The minimum atomic E-state index is -0.502. The van der Waals surface area contributed by atoms with Gasteiger partial charge in [-0.1, -0.05) is 43.7 Å². The zero-order valence-corrected chi connectivity index (χ0v) is 21.2. The molecule has 38 heavy (non-hydrogen) atoms. The second kappa shape index (κ2) is 13.0. The van der Waals surface area contributed by atoms with Crippen LogP contribution in [0, 0.1) is 0 Å². The molecule has 4 rings (SSSR count). The molecule has 0 spiro atoms. The number of benzene rings is 1. The first-order valence-electron chi connectivity index (χ1n) is 12.5. The van der Waals surface area contributed by atoms with Gasteiger partial charge < -0.3 is 25.7 Å². The van der Waals surface area contributed by atoms with Gasteiger partial charge in [-0.2, -0.15) is 0 Å². The lowest BCUT2D eigenvalue weighted by Gasteiger charge is -2.15. The molecule has 0 atom stereocenters. The summed E-state index contributed by atoms with van der Waals surface area (Å²) in [6, 6.07) is 13.0. The van der Waals surface area contributed by atoms with Crippen LogP contribution in [0.25, 0.3) is 22.3 Å². The Morgan fingerprint density at radius 2 is 1.92 bits per heavy atom. The van der Waals surface area contributed by atoms with E-state index < -0.39 is 11.7 Å². The Morgan fingerprint density at radius 1 is 1.08 bits per heavy atom. The zero-order chi connectivity index (χ0) is 26.7. The molecule has 3 aromatic heterocycles. The van der Waals surface area contributed by atoms with Gasteiger partial charge in [0, 0.05) is 47.6 Å². The van der Waals surface area contributed by atoms with Crippen LogP contribution in [-0.4, -0.2) is 51.2 Å². The number of carbonyl (C=O) groups is 2. The smallest absolute Gasteiger partial charge is 0.407 e. The van der Waals surface area contributed by atoms with Crippen molar-refractivity contribution in [1.82, 2.24) is 30.2 Å². The summed E-state index contributed by atoms with van der Waals surface area (Å²) in [4.78, 5) is 49.7. The molecule has 0 saturated heterocycles. The van der Waals surface area contributed by atoms with Crippen molar-refractivity contribution in [3.8, 4) is 11.4 Å². The van der Waals surface area contributed by atoms with Crippen molar-refractivity contribution in [3.63, 3.8) is 0 Å². The number of hydrogen-bond donors (Lipinski definition) is 4. The van der Waals surface area contributed by atoms with Crippen LogP contribution < -0.4 is 21.5 Å². The number of nitrogens with zero attached hydrogens (tertiary/aromatic N) is 3. The van der Waals surface area contributed by atoms with Crippen LogP contribution in [0.5, 0.6) is 0 Å². The minimum Gasteiger partial charge on any atom is -0.450 e. The number of aromatic amines is 1. The van der Waals surface area contributed by atoms with Crippen LogP contribution in [0.2, 0.25) is 0 Å². The van der Waals surface area contributed by atoms with Gasteiger partial charge in [0.1, 0.15) is 18.1 Å². The summed E-state index contributed by atoms with van der Waals surface area (Å²) < 4.78 is 6.39. The summed E-state index contributed by atoms with van der Waals surface area (Å²) in [6.45, 7) is 2.98. The number of alkyl carbamates (subject to hydrolysis) is 1. The SMILES string of the molecule is CCCCOC(=O)NCCNc1cnc(-c2ccccc2)n(CC(=O)NCc2cc3cnccc3[nH]2)c1=O. The minimum absolute atomic E-state index is 0.213. The van der Waals surface area contributed by atoms with Crippen molar-refractivity contribution in [2.24, 2.45) is 0 Å². The van der Waals surface area contributed by atoms with Crippen molar-refractivity contribution in [2.75, 3.05) is 25.0 Å². The summed E-state index contributed by atoms with van der Waals surface area (Å²) in [5.74, 6) is 0.0436. The summed E-state index contributed by atoms with van der Waals surface area (Å²) >= 11 is 0. The first kappa shape index (κ1) is 26.4. The number of ether oxygens (including phenoxy) is 1. The van der Waals surface area contributed by atoms with E-state index in [0.717, 1.165) is 29.4 Å². The van der Waals surface area contributed by atoms with Gasteiger partial charge in [0.2, 0.25) is 5.91 Å². The van der Waals surface area contributed by atoms with Gasteiger partial charge in [-0.3, -0.25) is 19.1 Å². The van der Waals surface area contributed by atoms with Crippen LogP contribution >= 0.6 is 0 Å². The number of anilines is 1. The standard InChI is InChI=1S/C27H31N7O4/c1-2-3-13-38-27(37)30-12-11-29-23-17-32-25(19-7-5-4-6-8-19)34(26(23)36)18-24(35)31-16-21-14-20-15-28-10-9-22(20)33-21/h4-10,14-15,17,29,33H,2-3,11-13,16,18H2,1H3,(H,30,37)(H,31,35). The number of H-pyrrole nitrogens is 1. The normalized spacial score (nSPS) is 10.8. The number of unbranched alkanes of at least 4 members (excludes halogenated alkanes) is 1. The topological polar surface area (TPSA) is 143 Å². The molecule has 0 bridgehead atoms. The number of fused-ring (bicyclic) bond motifs is 1. The van der Waals surface area contributed by atoms with E-state index in [0.29, 0.717) is 18.0 Å². The van der Waals surface area contributed by atoms with E-state index in [1.165, 1.54) is 10.8 Å². The number of amides is 2. The van der Waals surface area contributed by atoms with Crippen LogP contribution in [0.1, 0.15) is 25.5 Å². The summed E-state index contributed by atoms with van der Waals surface area (Å²) in [5.41, 5.74) is 2.30. The van der Waals surface area contributed by atoms with Crippen LogP contribution in [0.3, 0.4) is 0 Å². The number of aromatic nitrogens is 4. The molecule has 0 aliphatic rings. The van der Waals surface area contributed by atoms with Crippen molar-refractivity contribution >= 4 is 28.6 Å². The molecule has 1 aromatic carbocycles. The molecule has 11 heteroatoms. The van der Waals surface area contributed by atoms with E-state index in [9.17, 15) is 14.4 Å². The molecule has 0 aliphatic carbocycles. The Balaban J connectivity index is 1.43. The summed E-state index contributed by atoms with van der Waals surface area (Å²) in [7, 11) is 0. The summed E-state index contributed by atoms with van der Waals surface area (Å²) in [6.07, 6.45) is 6.12. The van der Waals surface area contributed by atoms with Gasteiger partial charge in [0.25, 0.3) is 5.56 Å². The third kappa shape index (κ3) is 6.96. The first-order valence-corrected chi connectivity index (χ1v) is 12.5. The van der Waals surface area contributed by atoms with Gasteiger partial charge >= 0.3 is 6.09 Å². The molecule has 0 fully saturated rings. The highest BCUT2D eigenvalue weighted by molar-refractivity contribution is 5.80. The van der Waals surface area contributed by atoms with E-state index in [1.807, 2.05) is 49.4 Å². The third-order valence-corrected chi connectivity index (χ3v) is 5.77. The quantitative estimate of drug-likeness (QED) is 0.212. The van der Waals surface area contributed by atoms with Gasteiger partial charge in [-0.05, 0) is 18.6 Å². The number of rotatable bonds is 12. The van der Waals surface area contributed by atoms with E-state index in [4.69, 9.17) is 4.74 Å². The Bertz CT molecular complexity index is 1400. The molecular formula is C27H31N7O4. The van der Waals surface area contributed by atoms with Gasteiger partial charge in [0.15, 0.2) is 0 Å². The highest BCUT2D eigenvalue weighted by atomic mass is 16.5. The molecule has 4 N–H and O–H groups in total. The number of nitrogens with one attached hydrogen (secondary N) is 4. The Hall–Kier alpha value is -4.67. The second-order valence-corrected chi connectivity index (χ2v) is 8.63. The van der Waals surface area contributed by atoms with E-state index >= 15 is 0 Å². The molecule has 198 valence electrons. The van der Waals surface area contributed by atoms with Gasteiger partial charge in [0.05, 0.1) is 19.3 Å². The molecule has 11 nitrogen and oxygen atoms in total. The highest BCUT2D eigenvalue weighted by Gasteiger charge is 2.15. The van der Waals surface area contributed by atoms with E-state index in [1.54, 1.807) is 12.4 Å². The first-order chi connectivity index (χ1) is 18.5. The Labute approximate surface area is 219 Å². The lowest BCUT2D eigenvalue weighted by atomic mass is 10.2. The van der Waals surface area contributed by atoms with E-state index in [-0.39, 0.29) is 37.8 Å². The molecule has 3 heterocycles. The molecule has 0 saturated carbocycles. The molecule has 0 unspecified atom stereocenters. The molecule has 0 radical (unpaired) electrons. The Morgan fingerprint density at radius 3 is 2.71 bits per heavy atom. The summed E-state index contributed by atoms with van der Waals surface area (Å²) in [5, 5.41) is 9.43. The largest absolute Gasteiger partial charge is 0.450 e. The third-order valence-electron chi connectivity index (χ3n) is 5.77. The lowest BCUT2D eigenvalue weighted by Crippen LogP contribution is -2.35. The average molecular weight is 518 g/mol. The molecular weight excluding hydrogens is 486 g/mol. The predicted octanol–water partition coefficient (Wildman–Crippen LogP) is 3.04. The molecule has 0 aliphatic heterocycles. The second-order valence-electron chi connectivity index (χ2n) is 8.63. The fourth-order valence-electron chi connectivity index (χ4n) is 3.82. The van der Waals surface area contributed by atoms with Crippen LogP contribution in [0.15, 0.2) is 65.8 Å². The van der Waals surface area contributed by atoms with E-state index in [2.05, 4.69) is 30.9 Å². The van der Waals surface area contributed by atoms with Gasteiger partial charge in [-0.15, -0.1) is 0 Å². The maximum Gasteiger partial charge on any atom is 0.407 e. The fourth-order valence-corrected chi connectivity index (χ4v) is 3.82. The average Bonchev–Trinajstić information content (AvgIpc) is 3.35. The lowest BCUT2D eigenvalue weighted by molar-refractivity contribution is -0.121. The van der Waals surface area contributed by atoms with Gasteiger partial charge in [-0.25, -0.2) is 9.78 Å². The maximum atomic E-state index is 13.3. The fraction of sp³-hybridized carbons (Fsp3) is 0.296. The number of hydrogen-bond acceptors (Lipinski definition) is 7. The zero-order valence-electron chi connectivity index (χ0n) is 21.2. The van der Waals surface area contributed by atoms with Crippen molar-refractivity contribution in [3.05, 3.63) is 77.1 Å². The number of pyridine rings is 1. The van der Waals surface area contributed by atoms with Crippen LogP contribution in [-0.2, 0) is 22.6 Å². The van der Waals surface area contributed by atoms with Crippen molar-refractivity contribution < 1.29 is 14.3 Å². The Kier molecular flexibility index (Phi) is 9.06. The van der Waals surface area contributed by atoms with Crippen molar-refractivity contribution in [1.29, 1.82) is 0 Å². The highest BCUT2D eigenvalue weighted by Crippen LogP contribution is 2.16. The maximum absolute atomic E-state index is 13.3. The van der Waals surface area contributed by atoms with Crippen LogP contribution in [0.4, 0.5) is 10.5 Å². The molecule has 4 aromatic rings. The van der Waals surface area contributed by atoms with Crippen molar-refractivity contribution in [2.45, 2.75) is 32.9 Å². The number of carbonyl (C=O) groups excluding carboxylic acids is 2. The molecule has 2 amide bonds. The predicted molar refractivity (Wildman–Crippen MR) is 145 cm³/mol.